The topological polar surface area (TPSA) is 91.3 Å². The van der Waals surface area contributed by atoms with Crippen LogP contribution in [0.1, 0.15) is 31.5 Å². The van der Waals surface area contributed by atoms with Crippen LogP contribution in [0.4, 0.5) is 10.1 Å². The highest BCUT2D eigenvalue weighted by molar-refractivity contribution is 5.46. The van der Waals surface area contributed by atoms with Crippen LogP contribution in [0.25, 0.3) is 0 Å². The van der Waals surface area contributed by atoms with Gasteiger partial charge < -0.3 is 9.26 Å². The van der Waals surface area contributed by atoms with E-state index in [2.05, 4.69) is 10.1 Å². The van der Waals surface area contributed by atoms with Gasteiger partial charge in [-0.05, 0) is 6.07 Å². The van der Waals surface area contributed by atoms with Gasteiger partial charge in [0.1, 0.15) is 5.82 Å². The van der Waals surface area contributed by atoms with E-state index in [4.69, 9.17) is 9.26 Å². The average Bonchev–Trinajstić information content (AvgIpc) is 2.85. The molecule has 0 N–H and O–H groups in total. The van der Waals surface area contributed by atoms with Crippen LogP contribution in [-0.4, -0.2) is 15.1 Å². The minimum absolute atomic E-state index is 0.0935. The molecule has 0 fully saturated rings. The Morgan fingerprint density at radius 2 is 2.25 bits per heavy atom. The van der Waals surface area contributed by atoms with E-state index < -0.39 is 10.7 Å². The number of hydrogen-bond acceptors (Lipinski definition) is 6. The Morgan fingerprint density at radius 1 is 1.50 bits per heavy atom. The molecule has 106 valence electrons. The van der Waals surface area contributed by atoms with Crippen molar-refractivity contribution >= 4 is 5.69 Å². The number of nitro benzene ring substituents is 1. The van der Waals surface area contributed by atoms with E-state index in [9.17, 15) is 14.5 Å². The van der Waals surface area contributed by atoms with Gasteiger partial charge in [0.15, 0.2) is 12.4 Å². The molecule has 0 aliphatic carbocycles. The number of nitrogens with zero attached hydrogens (tertiary/aromatic N) is 3. The summed E-state index contributed by atoms with van der Waals surface area (Å²) in [5.41, 5.74) is -0.324. The normalized spacial score (nSPS) is 10.8. The molecule has 0 unspecified atom stereocenters. The first kappa shape index (κ1) is 13.9. The third kappa shape index (κ3) is 3.08. The lowest BCUT2D eigenvalue weighted by atomic mass is 10.2. The predicted octanol–water partition coefficient (Wildman–Crippen LogP) is 2.82. The fourth-order valence-corrected chi connectivity index (χ4v) is 1.46. The lowest BCUT2D eigenvalue weighted by molar-refractivity contribution is -0.386. The first-order valence-corrected chi connectivity index (χ1v) is 5.86. The molecule has 0 radical (unpaired) electrons. The minimum atomic E-state index is -0.651. The second-order valence-corrected chi connectivity index (χ2v) is 4.36. The summed E-state index contributed by atoms with van der Waals surface area (Å²) in [6.45, 7) is 3.63. The molecule has 0 aliphatic heterocycles. The summed E-state index contributed by atoms with van der Waals surface area (Å²) in [6.07, 6.45) is 0. The molecule has 1 aromatic carbocycles. The molecule has 1 heterocycles. The molecule has 0 saturated heterocycles. The van der Waals surface area contributed by atoms with Gasteiger partial charge in [0, 0.05) is 18.1 Å². The number of aromatic nitrogens is 2. The van der Waals surface area contributed by atoms with E-state index in [1.54, 1.807) is 0 Å². The number of rotatable bonds is 5. The zero-order valence-electron chi connectivity index (χ0n) is 10.9. The Kier molecular flexibility index (Phi) is 3.92. The number of halogens is 1. The van der Waals surface area contributed by atoms with E-state index in [-0.39, 0.29) is 29.9 Å². The Bertz CT molecular complexity index is 627. The Morgan fingerprint density at radius 3 is 2.85 bits per heavy atom. The summed E-state index contributed by atoms with van der Waals surface area (Å²) < 4.78 is 23.2. The summed E-state index contributed by atoms with van der Waals surface area (Å²) in [4.78, 5) is 14.2. The Hall–Kier alpha value is -2.51. The second kappa shape index (κ2) is 5.64. The molecule has 0 aliphatic rings. The summed E-state index contributed by atoms with van der Waals surface area (Å²) in [6, 6.07) is 2.98. The average molecular weight is 281 g/mol. The summed E-state index contributed by atoms with van der Waals surface area (Å²) in [5.74, 6) is -0.0288. The van der Waals surface area contributed by atoms with Gasteiger partial charge in [-0.1, -0.05) is 19.0 Å². The second-order valence-electron chi connectivity index (χ2n) is 4.36. The standard InChI is InChI=1S/C12H12FN3O4/c1-7(2)12-14-11(20-15-12)6-19-10-5-8(13)3-4-9(10)16(17)18/h3-5,7H,6H2,1-2H3. The molecule has 8 heteroatoms. The molecule has 0 bridgehead atoms. The lowest BCUT2D eigenvalue weighted by Crippen LogP contribution is -2.00. The van der Waals surface area contributed by atoms with E-state index >= 15 is 0 Å². The highest BCUT2D eigenvalue weighted by Gasteiger charge is 2.17. The zero-order valence-corrected chi connectivity index (χ0v) is 10.9. The maximum atomic E-state index is 13.1. The van der Waals surface area contributed by atoms with E-state index in [1.165, 1.54) is 0 Å². The van der Waals surface area contributed by atoms with Crippen molar-refractivity contribution in [3.05, 3.63) is 45.8 Å². The van der Waals surface area contributed by atoms with Crippen LogP contribution in [0.15, 0.2) is 22.7 Å². The van der Waals surface area contributed by atoms with Gasteiger partial charge in [0.25, 0.3) is 5.89 Å². The van der Waals surface area contributed by atoms with Crippen LogP contribution in [0, 0.1) is 15.9 Å². The van der Waals surface area contributed by atoms with Gasteiger partial charge >= 0.3 is 5.69 Å². The van der Waals surface area contributed by atoms with Crippen LogP contribution in [0.5, 0.6) is 5.75 Å². The molecule has 2 aromatic rings. The molecular weight excluding hydrogens is 269 g/mol. The summed E-state index contributed by atoms with van der Waals surface area (Å²) in [7, 11) is 0. The smallest absolute Gasteiger partial charge is 0.311 e. The van der Waals surface area contributed by atoms with Crippen molar-refractivity contribution in [2.45, 2.75) is 26.4 Å². The molecule has 0 saturated carbocycles. The molecule has 7 nitrogen and oxygen atoms in total. The molecular formula is C12H12FN3O4. The van der Waals surface area contributed by atoms with Crippen molar-refractivity contribution in [2.75, 3.05) is 0 Å². The van der Waals surface area contributed by atoms with Crippen molar-refractivity contribution in [3.8, 4) is 5.75 Å². The van der Waals surface area contributed by atoms with E-state index in [1.807, 2.05) is 13.8 Å². The van der Waals surface area contributed by atoms with Gasteiger partial charge in [0.05, 0.1) is 4.92 Å². The van der Waals surface area contributed by atoms with Crippen LogP contribution in [-0.2, 0) is 6.61 Å². The third-order valence-corrected chi connectivity index (χ3v) is 2.47. The van der Waals surface area contributed by atoms with Crippen molar-refractivity contribution < 1.29 is 18.6 Å². The van der Waals surface area contributed by atoms with Gasteiger partial charge in [-0.15, -0.1) is 0 Å². The number of hydrogen-bond donors (Lipinski definition) is 0. The molecule has 20 heavy (non-hydrogen) atoms. The van der Waals surface area contributed by atoms with Crippen molar-refractivity contribution in [1.82, 2.24) is 10.1 Å². The van der Waals surface area contributed by atoms with Crippen LogP contribution in [0.2, 0.25) is 0 Å². The van der Waals surface area contributed by atoms with Gasteiger partial charge in [-0.25, -0.2) is 4.39 Å². The van der Waals surface area contributed by atoms with Gasteiger partial charge in [-0.3, -0.25) is 10.1 Å². The monoisotopic (exact) mass is 281 g/mol. The molecule has 1 aromatic heterocycles. The SMILES string of the molecule is CC(C)c1noc(COc2cc(F)ccc2[N+](=O)[O-])n1. The van der Waals surface area contributed by atoms with Crippen LogP contribution >= 0.6 is 0 Å². The van der Waals surface area contributed by atoms with Crippen molar-refractivity contribution in [2.24, 2.45) is 0 Å². The quantitative estimate of drug-likeness (QED) is 0.618. The van der Waals surface area contributed by atoms with Crippen LogP contribution in [0.3, 0.4) is 0 Å². The fraction of sp³-hybridized carbons (Fsp3) is 0.333. The maximum Gasteiger partial charge on any atom is 0.311 e. The highest BCUT2D eigenvalue weighted by atomic mass is 19.1. The molecule has 0 amide bonds. The van der Waals surface area contributed by atoms with Crippen LogP contribution < -0.4 is 4.74 Å². The number of ether oxygens (including phenoxy) is 1. The van der Waals surface area contributed by atoms with E-state index in [0.717, 1.165) is 18.2 Å². The Labute approximate surface area is 113 Å². The maximum absolute atomic E-state index is 13.1. The third-order valence-electron chi connectivity index (χ3n) is 2.47. The predicted molar refractivity (Wildman–Crippen MR) is 65.8 cm³/mol. The molecule has 2 rings (SSSR count). The lowest BCUT2D eigenvalue weighted by Gasteiger charge is -2.03. The first-order valence-electron chi connectivity index (χ1n) is 5.86. The first-order chi connectivity index (χ1) is 9.47. The number of benzene rings is 1. The van der Waals surface area contributed by atoms with E-state index in [0.29, 0.717) is 5.82 Å². The minimum Gasteiger partial charge on any atom is -0.477 e. The summed E-state index contributed by atoms with van der Waals surface area (Å²) in [5, 5.41) is 14.5. The zero-order chi connectivity index (χ0) is 14.7. The summed E-state index contributed by atoms with van der Waals surface area (Å²) >= 11 is 0. The van der Waals surface area contributed by atoms with Crippen molar-refractivity contribution in [1.29, 1.82) is 0 Å². The molecule has 0 atom stereocenters. The molecule has 0 spiro atoms. The number of nitro groups is 1. The highest BCUT2D eigenvalue weighted by Crippen LogP contribution is 2.28. The Balaban J connectivity index is 2.13. The van der Waals surface area contributed by atoms with Gasteiger partial charge in [-0.2, -0.15) is 4.98 Å². The van der Waals surface area contributed by atoms with Crippen molar-refractivity contribution in [3.63, 3.8) is 0 Å². The van der Waals surface area contributed by atoms with Gasteiger partial charge in [0.2, 0.25) is 5.75 Å². The fourth-order valence-electron chi connectivity index (χ4n) is 1.46. The largest absolute Gasteiger partial charge is 0.477 e.